The molecule has 0 bridgehead atoms. The zero-order chi connectivity index (χ0) is 25.7. The standard InChI is InChI=1S/C26H28FN3O5S/c1-34-21-9-7-20(8-10-21)28-15-17-29(18-16-28)26(31)19-30(25-6-4-3-5-24(25)27)36(32,33)23-13-11-22(35-2)12-14-23/h3-14H,15-19H2,1-2H3. The summed E-state index contributed by atoms with van der Waals surface area (Å²) in [6.45, 7) is 1.49. The molecule has 0 atom stereocenters. The molecule has 0 saturated carbocycles. The first kappa shape index (κ1) is 25.3. The van der Waals surface area contributed by atoms with E-state index in [0.717, 1.165) is 15.7 Å². The van der Waals surface area contributed by atoms with Crippen molar-refractivity contribution < 1.29 is 27.1 Å². The number of benzene rings is 3. The molecule has 10 heteroatoms. The zero-order valence-electron chi connectivity index (χ0n) is 20.1. The Hall–Kier alpha value is -3.79. The molecule has 3 aromatic carbocycles. The molecule has 36 heavy (non-hydrogen) atoms. The number of methoxy groups -OCH3 is 2. The van der Waals surface area contributed by atoms with Gasteiger partial charge < -0.3 is 19.3 Å². The van der Waals surface area contributed by atoms with E-state index in [1.54, 1.807) is 12.0 Å². The zero-order valence-corrected chi connectivity index (χ0v) is 20.9. The van der Waals surface area contributed by atoms with E-state index >= 15 is 0 Å². The summed E-state index contributed by atoms with van der Waals surface area (Å²) >= 11 is 0. The van der Waals surface area contributed by atoms with Crippen LogP contribution in [0.5, 0.6) is 11.5 Å². The summed E-state index contributed by atoms with van der Waals surface area (Å²) in [5.74, 6) is 0.118. The minimum absolute atomic E-state index is 0.0660. The molecule has 1 heterocycles. The van der Waals surface area contributed by atoms with Crippen LogP contribution in [-0.2, 0) is 14.8 Å². The Morgan fingerprint density at radius 2 is 1.42 bits per heavy atom. The summed E-state index contributed by atoms with van der Waals surface area (Å²) in [5.41, 5.74) is 0.830. The highest BCUT2D eigenvalue weighted by Gasteiger charge is 2.31. The van der Waals surface area contributed by atoms with Gasteiger partial charge in [0.05, 0.1) is 24.8 Å². The topological polar surface area (TPSA) is 79.4 Å². The van der Waals surface area contributed by atoms with Crippen molar-refractivity contribution in [3.63, 3.8) is 0 Å². The van der Waals surface area contributed by atoms with E-state index < -0.39 is 28.3 Å². The van der Waals surface area contributed by atoms with Gasteiger partial charge in [0.25, 0.3) is 10.0 Å². The molecule has 0 aromatic heterocycles. The summed E-state index contributed by atoms with van der Waals surface area (Å²) in [5, 5.41) is 0. The van der Waals surface area contributed by atoms with Crippen molar-refractivity contribution in [2.75, 3.05) is 56.1 Å². The number of nitrogens with zero attached hydrogens (tertiary/aromatic N) is 3. The van der Waals surface area contributed by atoms with Crippen LogP contribution in [0.25, 0.3) is 0 Å². The molecule has 0 N–H and O–H groups in total. The molecule has 190 valence electrons. The van der Waals surface area contributed by atoms with Gasteiger partial charge in [0.1, 0.15) is 23.9 Å². The van der Waals surface area contributed by atoms with E-state index in [9.17, 15) is 17.6 Å². The largest absolute Gasteiger partial charge is 0.497 e. The van der Waals surface area contributed by atoms with Crippen LogP contribution in [-0.4, -0.2) is 66.2 Å². The van der Waals surface area contributed by atoms with E-state index in [1.807, 2.05) is 24.3 Å². The summed E-state index contributed by atoms with van der Waals surface area (Å²) in [7, 11) is -1.14. The second kappa shape index (κ2) is 10.9. The highest BCUT2D eigenvalue weighted by Crippen LogP contribution is 2.28. The second-order valence-electron chi connectivity index (χ2n) is 8.20. The fraction of sp³-hybridized carbons (Fsp3) is 0.269. The van der Waals surface area contributed by atoms with Crippen LogP contribution in [0.1, 0.15) is 0 Å². The van der Waals surface area contributed by atoms with Crippen molar-refractivity contribution in [1.82, 2.24) is 4.90 Å². The molecule has 0 spiro atoms. The van der Waals surface area contributed by atoms with Crippen LogP contribution in [0.4, 0.5) is 15.8 Å². The number of ether oxygens (including phenoxy) is 2. The minimum Gasteiger partial charge on any atom is -0.497 e. The van der Waals surface area contributed by atoms with Crippen molar-refractivity contribution in [3.8, 4) is 11.5 Å². The van der Waals surface area contributed by atoms with E-state index in [4.69, 9.17) is 9.47 Å². The van der Waals surface area contributed by atoms with Crippen LogP contribution in [0, 0.1) is 5.82 Å². The van der Waals surface area contributed by atoms with E-state index in [-0.39, 0.29) is 10.6 Å². The van der Waals surface area contributed by atoms with Crippen LogP contribution < -0.4 is 18.7 Å². The molecule has 3 aromatic rings. The van der Waals surface area contributed by atoms with Gasteiger partial charge in [0.2, 0.25) is 5.91 Å². The van der Waals surface area contributed by atoms with Crippen LogP contribution in [0.3, 0.4) is 0 Å². The maximum atomic E-state index is 14.7. The predicted molar refractivity (Wildman–Crippen MR) is 136 cm³/mol. The third kappa shape index (κ3) is 5.38. The molecule has 0 unspecified atom stereocenters. The molecular weight excluding hydrogens is 485 g/mol. The Balaban J connectivity index is 1.52. The monoisotopic (exact) mass is 513 g/mol. The van der Waals surface area contributed by atoms with Gasteiger partial charge in [-0.15, -0.1) is 0 Å². The SMILES string of the molecule is COc1ccc(N2CCN(C(=O)CN(c3ccccc3F)S(=O)(=O)c3ccc(OC)cc3)CC2)cc1. The number of carbonyl (C=O) groups is 1. The average Bonchev–Trinajstić information content (AvgIpc) is 2.92. The number of sulfonamides is 1. The first-order valence-electron chi connectivity index (χ1n) is 11.4. The second-order valence-corrected chi connectivity index (χ2v) is 10.1. The van der Waals surface area contributed by atoms with Gasteiger partial charge in [0, 0.05) is 31.9 Å². The Bertz CT molecular complexity index is 1290. The first-order chi connectivity index (χ1) is 17.3. The number of rotatable bonds is 8. The lowest BCUT2D eigenvalue weighted by Crippen LogP contribution is -2.52. The average molecular weight is 514 g/mol. The number of amides is 1. The number of carbonyl (C=O) groups excluding carboxylic acids is 1. The summed E-state index contributed by atoms with van der Waals surface area (Å²) < 4.78 is 52.9. The fourth-order valence-corrected chi connectivity index (χ4v) is 5.48. The predicted octanol–water partition coefficient (Wildman–Crippen LogP) is 3.39. The Kier molecular flexibility index (Phi) is 7.64. The first-order valence-corrected chi connectivity index (χ1v) is 12.9. The van der Waals surface area contributed by atoms with Crippen molar-refractivity contribution >= 4 is 27.3 Å². The molecule has 1 aliphatic heterocycles. The molecule has 0 radical (unpaired) electrons. The van der Waals surface area contributed by atoms with E-state index in [1.165, 1.54) is 55.6 Å². The van der Waals surface area contributed by atoms with E-state index in [2.05, 4.69) is 4.90 Å². The van der Waals surface area contributed by atoms with Gasteiger partial charge in [0.15, 0.2) is 0 Å². The van der Waals surface area contributed by atoms with Gasteiger partial charge in [-0.05, 0) is 60.7 Å². The third-order valence-corrected chi connectivity index (χ3v) is 7.89. The van der Waals surface area contributed by atoms with Crippen LogP contribution in [0.2, 0.25) is 0 Å². The van der Waals surface area contributed by atoms with Crippen molar-refractivity contribution in [3.05, 3.63) is 78.6 Å². The van der Waals surface area contributed by atoms with Crippen LogP contribution >= 0.6 is 0 Å². The molecule has 0 aliphatic carbocycles. The summed E-state index contributed by atoms with van der Waals surface area (Å²) in [6, 6.07) is 19.0. The molecule has 1 amide bonds. The number of hydrogen-bond acceptors (Lipinski definition) is 6. The number of hydrogen-bond donors (Lipinski definition) is 0. The lowest BCUT2D eigenvalue weighted by atomic mass is 10.2. The molecule has 1 fully saturated rings. The quantitative estimate of drug-likeness (QED) is 0.460. The van der Waals surface area contributed by atoms with Gasteiger partial charge >= 0.3 is 0 Å². The minimum atomic E-state index is -4.23. The molecule has 1 aliphatic rings. The maximum absolute atomic E-state index is 14.7. The Morgan fingerprint density at radius 1 is 0.861 bits per heavy atom. The lowest BCUT2D eigenvalue weighted by molar-refractivity contribution is -0.129. The van der Waals surface area contributed by atoms with Crippen LogP contribution in [0.15, 0.2) is 77.7 Å². The van der Waals surface area contributed by atoms with Gasteiger partial charge in [-0.3, -0.25) is 9.10 Å². The molecule has 1 saturated heterocycles. The van der Waals surface area contributed by atoms with Crippen molar-refractivity contribution in [2.24, 2.45) is 0 Å². The fourth-order valence-electron chi connectivity index (χ4n) is 4.06. The number of halogens is 1. The normalized spacial score (nSPS) is 13.9. The van der Waals surface area contributed by atoms with Gasteiger partial charge in [-0.25, -0.2) is 12.8 Å². The summed E-state index contributed by atoms with van der Waals surface area (Å²) in [4.78, 5) is 16.9. The highest BCUT2D eigenvalue weighted by atomic mass is 32.2. The Labute approximate surface area is 210 Å². The van der Waals surface area contributed by atoms with Gasteiger partial charge in [-0.2, -0.15) is 0 Å². The molecule has 4 rings (SSSR count). The Morgan fingerprint density at radius 3 is 1.97 bits per heavy atom. The van der Waals surface area contributed by atoms with E-state index in [0.29, 0.717) is 31.9 Å². The third-order valence-electron chi connectivity index (χ3n) is 6.12. The van der Waals surface area contributed by atoms with Crippen molar-refractivity contribution in [2.45, 2.75) is 4.90 Å². The summed E-state index contributed by atoms with van der Waals surface area (Å²) in [6.07, 6.45) is 0. The number of anilines is 2. The van der Waals surface area contributed by atoms with Gasteiger partial charge in [-0.1, -0.05) is 12.1 Å². The molecule has 8 nitrogen and oxygen atoms in total. The number of piperazine rings is 1. The maximum Gasteiger partial charge on any atom is 0.264 e. The lowest BCUT2D eigenvalue weighted by Gasteiger charge is -2.37. The molecular formula is C26H28FN3O5S. The highest BCUT2D eigenvalue weighted by molar-refractivity contribution is 7.92. The number of para-hydroxylation sites is 1. The smallest absolute Gasteiger partial charge is 0.264 e. The van der Waals surface area contributed by atoms with Crippen molar-refractivity contribution in [1.29, 1.82) is 0 Å².